The number of nitrogens with one attached hydrogen (secondary N) is 3. The lowest BCUT2D eigenvalue weighted by Crippen LogP contribution is -2.30. The van der Waals surface area contributed by atoms with Crippen molar-refractivity contribution in [2.75, 3.05) is 23.8 Å². The molecule has 33 heavy (non-hydrogen) atoms. The van der Waals surface area contributed by atoms with Crippen molar-refractivity contribution >= 4 is 23.2 Å². The Hall–Kier alpha value is -3.80. The van der Waals surface area contributed by atoms with E-state index in [1.54, 1.807) is 24.3 Å². The predicted molar refractivity (Wildman–Crippen MR) is 133 cm³/mol. The number of ether oxygens (including phenoxy) is 1. The molecule has 0 bridgehead atoms. The van der Waals surface area contributed by atoms with Crippen molar-refractivity contribution in [1.29, 1.82) is 0 Å². The summed E-state index contributed by atoms with van der Waals surface area (Å²) in [6, 6.07) is 24.8. The second-order valence-electron chi connectivity index (χ2n) is 8.07. The molecule has 0 aromatic heterocycles. The van der Waals surface area contributed by atoms with E-state index in [0.29, 0.717) is 17.9 Å². The second-order valence-corrected chi connectivity index (χ2v) is 8.07. The Kier molecular flexibility index (Phi) is 8.88. The van der Waals surface area contributed by atoms with Gasteiger partial charge < -0.3 is 20.7 Å². The van der Waals surface area contributed by atoms with Gasteiger partial charge in [-0.25, -0.2) is 0 Å². The van der Waals surface area contributed by atoms with E-state index in [4.69, 9.17) is 4.74 Å². The zero-order valence-corrected chi connectivity index (χ0v) is 19.1. The summed E-state index contributed by atoms with van der Waals surface area (Å²) in [5.74, 6) is 0.503. The third-order valence-electron chi connectivity index (χ3n) is 4.88. The van der Waals surface area contributed by atoms with Crippen LogP contribution in [0.1, 0.15) is 36.2 Å². The average Bonchev–Trinajstić information content (AvgIpc) is 2.82. The zero-order chi connectivity index (χ0) is 23.5. The molecule has 0 aliphatic heterocycles. The van der Waals surface area contributed by atoms with Gasteiger partial charge in [-0.15, -0.1) is 0 Å². The van der Waals surface area contributed by atoms with Gasteiger partial charge in [-0.2, -0.15) is 0 Å². The predicted octanol–water partition coefficient (Wildman–Crippen LogP) is 4.89. The van der Waals surface area contributed by atoms with Crippen LogP contribution >= 0.6 is 0 Å². The molecular formula is C27H31N3O3. The van der Waals surface area contributed by atoms with Crippen LogP contribution in [-0.4, -0.2) is 31.0 Å². The molecule has 0 unspecified atom stereocenters. The van der Waals surface area contributed by atoms with Crippen molar-refractivity contribution < 1.29 is 14.3 Å². The van der Waals surface area contributed by atoms with E-state index < -0.39 is 0 Å². The van der Waals surface area contributed by atoms with Crippen molar-refractivity contribution in [3.05, 3.63) is 90.0 Å². The standard InChI is InChI=1S/C27H31N3O3/c1-20(2)29-27(32)22-10-12-24(13-11-22)30-26(31)19-28-23-14-16-25(17-15-23)33-18-6-9-21-7-4-3-5-8-21/h3-5,7-8,10-17,20,28H,6,9,18-19H2,1-2H3,(H,29,32)(H,30,31). The van der Waals surface area contributed by atoms with E-state index in [1.807, 2.05) is 56.3 Å². The van der Waals surface area contributed by atoms with Gasteiger partial charge in [-0.05, 0) is 80.8 Å². The summed E-state index contributed by atoms with van der Waals surface area (Å²) in [5.41, 5.74) is 3.35. The van der Waals surface area contributed by atoms with Crippen LogP contribution < -0.4 is 20.7 Å². The van der Waals surface area contributed by atoms with Gasteiger partial charge in [0, 0.05) is 23.0 Å². The minimum Gasteiger partial charge on any atom is -0.494 e. The molecular weight excluding hydrogens is 414 g/mol. The monoisotopic (exact) mass is 445 g/mol. The molecule has 3 N–H and O–H groups in total. The number of amides is 2. The van der Waals surface area contributed by atoms with Crippen molar-refractivity contribution in [2.24, 2.45) is 0 Å². The SMILES string of the molecule is CC(C)NC(=O)c1ccc(NC(=O)CNc2ccc(OCCCc3ccccc3)cc2)cc1. The fraction of sp³-hybridized carbons (Fsp3) is 0.259. The largest absolute Gasteiger partial charge is 0.494 e. The first-order chi connectivity index (χ1) is 16.0. The van der Waals surface area contributed by atoms with Gasteiger partial charge in [-0.1, -0.05) is 30.3 Å². The summed E-state index contributed by atoms with van der Waals surface area (Å²) in [6.07, 6.45) is 1.94. The molecule has 6 nitrogen and oxygen atoms in total. The van der Waals surface area contributed by atoms with E-state index in [1.165, 1.54) is 5.56 Å². The molecule has 0 aliphatic carbocycles. The Morgan fingerprint density at radius 1 is 0.848 bits per heavy atom. The molecule has 0 fully saturated rings. The Bertz CT molecular complexity index is 1020. The van der Waals surface area contributed by atoms with Crippen LogP contribution in [0.15, 0.2) is 78.9 Å². The lowest BCUT2D eigenvalue weighted by molar-refractivity contribution is -0.114. The van der Waals surface area contributed by atoms with Crippen molar-refractivity contribution in [1.82, 2.24) is 5.32 Å². The van der Waals surface area contributed by atoms with Crippen molar-refractivity contribution in [3.8, 4) is 5.75 Å². The minimum absolute atomic E-state index is 0.0724. The maximum atomic E-state index is 12.2. The zero-order valence-electron chi connectivity index (χ0n) is 19.1. The van der Waals surface area contributed by atoms with Crippen LogP contribution in [0.25, 0.3) is 0 Å². The average molecular weight is 446 g/mol. The third-order valence-corrected chi connectivity index (χ3v) is 4.88. The van der Waals surface area contributed by atoms with E-state index in [2.05, 4.69) is 28.1 Å². The van der Waals surface area contributed by atoms with Gasteiger partial charge >= 0.3 is 0 Å². The molecule has 6 heteroatoms. The van der Waals surface area contributed by atoms with Gasteiger partial charge in [0.05, 0.1) is 13.2 Å². The molecule has 0 saturated carbocycles. The van der Waals surface area contributed by atoms with E-state index in [-0.39, 0.29) is 24.4 Å². The molecule has 172 valence electrons. The number of hydrogen-bond acceptors (Lipinski definition) is 4. The Morgan fingerprint density at radius 3 is 2.18 bits per heavy atom. The maximum absolute atomic E-state index is 12.2. The summed E-state index contributed by atoms with van der Waals surface area (Å²) in [5, 5.41) is 8.76. The third kappa shape index (κ3) is 8.33. The summed E-state index contributed by atoms with van der Waals surface area (Å²) >= 11 is 0. The number of carbonyl (C=O) groups is 2. The first kappa shape index (κ1) is 23.9. The number of aryl methyl sites for hydroxylation is 1. The Labute approximate surface area is 195 Å². The lowest BCUT2D eigenvalue weighted by atomic mass is 10.1. The molecule has 0 saturated heterocycles. The van der Waals surface area contributed by atoms with Crippen LogP contribution in [-0.2, 0) is 11.2 Å². The van der Waals surface area contributed by atoms with Gasteiger partial charge in [0.25, 0.3) is 5.91 Å². The molecule has 0 aliphatic rings. The maximum Gasteiger partial charge on any atom is 0.251 e. The normalized spacial score (nSPS) is 10.5. The minimum atomic E-state index is -0.171. The first-order valence-electron chi connectivity index (χ1n) is 11.2. The van der Waals surface area contributed by atoms with Crippen LogP contribution in [0.4, 0.5) is 11.4 Å². The highest BCUT2D eigenvalue weighted by atomic mass is 16.5. The van der Waals surface area contributed by atoms with Gasteiger partial charge in [0.1, 0.15) is 5.75 Å². The Morgan fingerprint density at radius 2 is 1.52 bits per heavy atom. The van der Waals surface area contributed by atoms with E-state index in [0.717, 1.165) is 24.3 Å². The quantitative estimate of drug-likeness (QED) is 0.367. The molecule has 3 rings (SSSR count). The number of anilines is 2. The smallest absolute Gasteiger partial charge is 0.251 e. The number of carbonyl (C=O) groups excluding carboxylic acids is 2. The highest BCUT2D eigenvalue weighted by molar-refractivity contribution is 5.96. The van der Waals surface area contributed by atoms with Gasteiger partial charge in [-0.3, -0.25) is 9.59 Å². The molecule has 2 amide bonds. The molecule has 0 atom stereocenters. The van der Waals surface area contributed by atoms with Crippen molar-refractivity contribution in [3.63, 3.8) is 0 Å². The molecule has 3 aromatic carbocycles. The van der Waals surface area contributed by atoms with Crippen molar-refractivity contribution in [2.45, 2.75) is 32.7 Å². The highest BCUT2D eigenvalue weighted by Gasteiger charge is 2.08. The number of rotatable bonds is 11. The second kappa shape index (κ2) is 12.3. The van der Waals surface area contributed by atoms with Crippen LogP contribution in [0.3, 0.4) is 0 Å². The number of benzene rings is 3. The number of hydrogen-bond donors (Lipinski definition) is 3. The summed E-state index contributed by atoms with van der Waals surface area (Å²) < 4.78 is 5.80. The molecule has 3 aromatic rings. The fourth-order valence-corrected chi connectivity index (χ4v) is 3.22. The summed E-state index contributed by atoms with van der Waals surface area (Å²) in [6.45, 7) is 4.61. The Balaban J connectivity index is 1.37. The van der Waals surface area contributed by atoms with Gasteiger partial charge in [0.2, 0.25) is 5.91 Å². The van der Waals surface area contributed by atoms with Crippen LogP contribution in [0.5, 0.6) is 5.75 Å². The summed E-state index contributed by atoms with van der Waals surface area (Å²) in [7, 11) is 0. The molecule has 0 radical (unpaired) electrons. The molecule has 0 spiro atoms. The van der Waals surface area contributed by atoms with Gasteiger partial charge in [0.15, 0.2) is 0 Å². The molecule has 0 heterocycles. The van der Waals surface area contributed by atoms with E-state index in [9.17, 15) is 9.59 Å². The van der Waals surface area contributed by atoms with Crippen LogP contribution in [0, 0.1) is 0 Å². The fourth-order valence-electron chi connectivity index (χ4n) is 3.22. The summed E-state index contributed by atoms with van der Waals surface area (Å²) in [4.78, 5) is 24.2. The first-order valence-corrected chi connectivity index (χ1v) is 11.2. The topological polar surface area (TPSA) is 79.5 Å². The van der Waals surface area contributed by atoms with Crippen LogP contribution in [0.2, 0.25) is 0 Å². The lowest BCUT2D eigenvalue weighted by Gasteiger charge is -2.11. The van der Waals surface area contributed by atoms with E-state index >= 15 is 0 Å². The highest BCUT2D eigenvalue weighted by Crippen LogP contribution is 2.16.